The summed E-state index contributed by atoms with van der Waals surface area (Å²) in [5.74, 6) is 0. The molecule has 1 nitrogen and oxygen atoms in total. The van der Waals surface area contributed by atoms with Crippen molar-refractivity contribution in [2.75, 3.05) is 11.9 Å². The first-order valence-corrected chi connectivity index (χ1v) is 4.98. The van der Waals surface area contributed by atoms with Gasteiger partial charge < -0.3 is 5.32 Å². The molecule has 15 heavy (non-hydrogen) atoms. The summed E-state index contributed by atoms with van der Waals surface area (Å²) in [5.41, 5.74) is 0.667. The van der Waals surface area contributed by atoms with Crippen LogP contribution in [0.25, 0.3) is 0 Å². The zero-order valence-electron chi connectivity index (χ0n) is 7.99. The lowest BCUT2D eigenvalue weighted by molar-refractivity contribution is -0.136. The quantitative estimate of drug-likeness (QED) is 0.698. The number of halogens is 3. The highest BCUT2D eigenvalue weighted by molar-refractivity contribution is 5.67. The largest absolute Gasteiger partial charge is 0.418 e. The van der Waals surface area contributed by atoms with Crippen molar-refractivity contribution in [3.8, 4) is 0 Å². The molecule has 1 fully saturated rings. The van der Waals surface area contributed by atoms with Gasteiger partial charge in [-0.3, -0.25) is 0 Å². The Morgan fingerprint density at radius 1 is 1.20 bits per heavy atom. The lowest BCUT2D eigenvalue weighted by Crippen LogP contribution is -2.08. The molecule has 1 aliphatic heterocycles. The second-order valence-electron chi connectivity index (χ2n) is 4.36. The molecular weight excluding hydrogens is 203 g/mol. The van der Waals surface area contributed by atoms with Gasteiger partial charge in [0.15, 0.2) is 0 Å². The van der Waals surface area contributed by atoms with Crippen molar-refractivity contribution in [2.24, 2.45) is 0 Å². The van der Waals surface area contributed by atoms with Crippen molar-refractivity contribution in [3.05, 3.63) is 29.3 Å². The molecule has 0 saturated heterocycles. The number of rotatable bonds is 0. The predicted molar refractivity (Wildman–Crippen MR) is 50.8 cm³/mol. The van der Waals surface area contributed by atoms with Gasteiger partial charge in [-0.25, -0.2) is 0 Å². The summed E-state index contributed by atoms with van der Waals surface area (Å²) in [6, 6.07) is 4.47. The fourth-order valence-electron chi connectivity index (χ4n) is 2.37. The topological polar surface area (TPSA) is 12.0 Å². The van der Waals surface area contributed by atoms with Crippen molar-refractivity contribution in [1.82, 2.24) is 0 Å². The van der Waals surface area contributed by atoms with E-state index in [-0.39, 0.29) is 5.41 Å². The predicted octanol–water partition coefficient (Wildman–Crippen LogP) is 3.16. The Morgan fingerprint density at radius 3 is 2.53 bits per heavy atom. The maximum Gasteiger partial charge on any atom is 0.418 e. The Labute approximate surface area is 85.3 Å². The maximum absolute atomic E-state index is 12.7. The molecule has 0 bridgehead atoms. The van der Waals surface area contributed by atoms with Crippen molar-refractivity contribution in [3.63, 3.8) is 0 Å². The first-order valence-electron chi connectivity index (χ1n) is 4.98. The average molecular weight is 213 g/mol. The number of hydrogen-bond donors (Lipinski definition) is 1. The van der Waals surface area contributed by atoms with E-state index in [1.807, 2.05) is 6.07 Å². The number of anilines is 1. The maximum atomic E-state index is 12.7. The summed E-state index contributed by atoms with van der Waals surface area (Å²) in [4.78, 5) is 0. The summed E-state index contributed by atoms with van der Waals surface area (Å²) < 4.78 is 38.0. The second-order valence-corrected chi connectivity index (χ2v) is 4.36. The van der Waals surface area contributed by atoms with Crippen LogP contribution in [0.1, 0.15) is 24.0 Å². The van der Waals surface area contributed by atoms with Crippen LogP contribution in [0.4, 0.5) is 18.9 Å². The lowest BCUT2D eigenvalue weighted by Gasteiger charge is -2.12. The molecule has 1 saturated carbocycles. The number of para-hydroxylation sites is 1. The molecule has 0 atom stereocenters. The van der Waals surface area contributed by atoms with Gasteiger partial charge in [0.1, 0.15) is 0 Å². The van der Waals surface area contributed by atoms with Gasteiger partial charge in [-0.2, -0.15) is 13.2 Å². The Hall–Kier alpha value is -1.19. The average Bonchev–Trinajstić information content (AvgIpc) is 2.83. The molecule has 1 N–H and O–H groups in total. The van der Waals surface area contributed by atoms with Crippen molar-refractivity contribution in [2.45, 2.75) is 24.4 Å². The molecular formula is C11H10F3N. The van der Waals surface area contributed by atoms with Crippen molar-refractivity contribution in [1.29, 1.82) is 0 Å². The molecule has 1 aliphatic carbocycles. The Bertz CT molecular complexity index is 418. The smallest absolute Gasteiger partial charge is 0.383 e. The molecule has 0 unspecified atom stereocenters. The van der Waals surface area contributed by atoms with E-state index in [1.165, 1.54) is 6.07 Å². The highest BCUT2D eigenvalue weighted by Gasteiger charge is 2.51. The summed E-state index contributed by atoms with van der Waals surface area (Å²) in [6.45, 7) is 0.662. The van der Waals surface area contributed by atoms with Crippen LogP contribution >= 0.6 is 0 Å². The Balaban J connectivity index is 2.17. The van der Waals surface area contributed by atoms with Crippen LogP contribution in [0.2, 0.25) is 0 Å². The van der Waals surface area contributed by atoms with E-state index >= 15 is 0 Å². The van der Waals surface area contributed by atoms with Gasteiger partial charge in [-0.15, -0.1) is 0 Å². The first kappa shape index (κ1) is 9.07. The molecule has 0 amide bonds. The van der Waals surface area contributed by atoms with Crippen LogP contribution in [-0.2, 0) is 11.6 Å². The molecule has 80 valence electrons. The molecule has 0 radical (unpaired) electrons. The number of hydrogen-bond acceptors (Lipinski definition) is 1. The third kappa shape index (κ3) is 1.17. The molecule has 1 spiro atoms. The summed E-state index contributed by atoms with van der Waals surface area (Å²) in [7, 11) is 0. The van der Waals surface area contributed by atoms with Crippen LogP contribution in [-0.4, -0.2) is 6.54 Å². The van der Waals surface area contributed by atoms with E-state index in [1.54, 1.807) is 0 Å². The minimum atomic E-state index is -4.25. The number of alkyl halides is 3. The van der Waals surface area contributed by atoms with Gasteiger partial charge in [0, 0.05) is 12.0 Å². The molecule has 3 rings (SSSR count). The first-order chi connectivity index (χ1) is 7.03. The SMILES string of the molecule is FC(F)(F)c1cccc2c1NCC21CC1. The van der Waals surface area contributed by atoms with E-state index in [0.29, 0.717) is 12.2 Å². The van der Waals surface area contributed by atoms with Gasteiger partial charge in [0.25, 0.3) is 0 Å². The fourth-order valence-corrected chi connectivity index (χ4v) is 2.37. The highest BCUT2D eigenvalue weighted by atomic mass is 19.4. The zero-order chi connectivity index (χ0) is 10.7. The standard InChI is InChI=1S/C11H10F3N/c12-11(13,14)8-3-1-2-7-9(8)15-6-10(7)4-5-10/h1-3,15H,4-6H2. The van der Waals surface area contributed by atoms with Crippen LogP contribution < -0.4 is 5.32 Å². The van der Waals surface area contributed by atoms with Crippen LogP contribution in [0.3, 0.4) is 0 Å². The zero-order valence-corrected chi connectivity index (χ0v) is 7.99. The van der Waals surface area contributed by atoms with E-state index in [2.05, 4.69) is 5.32 Å². The summed E-state index contributed by atoms with van der Waals surface area (Å²) >= 11 is 0. The summed E-state index contributed by atoms with van der Waals surface area (Å²) in [6.07, 6.45) is -2.23. The Morgan fingerprint density at radius 2 is 1.93 bits per heavy atom. The normalized spacial score (nSPS) is 21.3. The van der Waals surface area contributed by atoms with Crippen LogP contribution in [0, 0.1) is 0 Å². The number of fused-ring (bicyclic) bond motifs is 2. The third-order valence-electron chi connectivity index (χ3n) is 3.40. The molecule has 1 heterocycles. The highest BCUT2D eigenvalue weighted by Crippen LogP contribution is 2.56. The van der Waals surface area contributed by atoms with Crippen molar-refractivity contribution < 1.29 is 13.2 Å². The second kappa shape index (κ2) is 2.49. The number of benzene rings is 1. The van der Waals surface area contributed by atoms with E-state index in [0.717, 1.165) is 24.5 Å². The Kier molecular flexibility index (Phi) is 1.50. The molecule has 1 aromatic carbocycles. The monoisotopic (exact) mass is 213 g/mol. The minimum absolute atomic E-state index is 0.0244. The van der Waals surface area contributed by atoms with Gasteiger partial charge in [0.2, 0.25) is 0 Å². The van der Waals surface area contributed by atoms with Gasteiger partial charge >= 0.3 is 6.18 Å². The van der Waals surface area contributed by atoms with Crippen molar-refractivity contribution >= 4 is 5.69 Å². The third-order valence-corrected chi connectivity index (χ3v) is 3.40. The van der Waals surface area contributed by atoms with E-state index in [4.69, 9.17) is 0 Å². The molecule has 2 aliphatic rings. The number of nitrogens with one attached hydrogen (secondary N) is 1. The van der Waals surface area contributed by atoms with Crippen LogP contribution in [0.5, 0.6) is 0 Å². The fraction of sp³-hybridized carbons (Fsp3) is 0.455. The van der Waals surface area contributed by atoms with E-state index < -0.39 is 11.7 Å². The van der Waals surface area contributed by atoms with Gasteiger partial charge in [0.05, 0.1) is 11.3 Å². The van der Waals surface area contributed by atoms with Gasteiger partial charge in [-0.1, -0.05) is 12.1 Å². The lowest BCUT2D eigenvalue weighted by atomic mass is 9.96. The molecule has 4 heteroatoms. The molecule has 0 aromatic heterocycles. The summed E-state index contributed by atoms with van der Waals surface area (Å²) in [5, 5.41) is 2.91. The van der Waals surface area contributed by atoms with Crippen LogP contribution in [0.15, 0.2) is 18.2 Å². The van der Waals surface area contributed by atoms with E-state index in [9.17, 15) is 13.2 Å². The minimum Gasteiger partial charge on any atom is -0.383 e. The van der Waals surface area contributed by atoms with Gasteiger partial charge in [-0.05, 0) is 24.5 Å². The molecule has 1 aromatic rings.